The van der Waals surface area contributed by atoms with Crippen LogP contribution >= 0.6 is 11.6 Å². The smallest absolute Gasteiger partial charge is 0.378 e. The quantitative estimate of drug-likeness (QED) is 0.791. The predicted molar refractivity (Wildman–Crippen MR) is 70.7 cm³/mol. The lowest BCUT2D eigenvalue weighted by Gasteiger charge is -2.33. The molecule has 4 nitrogen and oxygen atoms in total. The standard InChI is InChI=1S/C12H13ClF3NO3S/c13-7-10-8-20-5-4-17(10)21(18,19)11-3-1-2-9(6-11)12(14,15)16/h1-3,6,10H,4-5,7-8H2. The Labute approximate surface area is 125 Å². The highest BCUT2D eigenvalue weighted by Crippen LogP contribution is 2.31. The first-order valence-electron chi connectivity index (χ1n) is 6.09. The van der Waals surface area contributed by atoms with Gasteiger partial charge < -0.3 is 4.74 Å². The Kier molecular flexibility index (Phi) is 4.82. The highest BCUT2D eigenvalue weighted by atomic mass is 35.5. The lowest BCUT2D eigenvalue weighted by molar-refractivity contribution is -0.137. The number of ether oxygens (including phenoxy) is 1. The highest BCUT2D eigenvalue weighted by Gasteiger charge is 2.36. The Morgan fingerprint density at radius 3 is 2.71 bits per heavy atom. The molecule has 21 heavy (non-hydrogen) atoms. The summed E-state index contributed by atoms with van der Waals surface area (Å²) in [5, 5.41) is 0. The van der Waals surface area contributed by atoms with Crippen molar-refractivity contribution in [3.05, 3.63) is 29.8 Å². The van der Waals surface area contributed by atoms with E-state index in [1.165, 1.54) is 0 Å². The molecule has 1 heterocycles. The zero-order valence-electron chi connectivity index (χ0n) is 10.8. The summed E-state index contributed by atoms with van der Waals surface area (Å²) < 4.78 is 69.3. The Morgan fingerprint density at radius 2 is 2.10 bits per heavy atom. The molecule has 1 aromatic carbocycles. The molecule has 0 radical (unpaired) electrons. The maximum absolute atomic E-state index is 12.7. The van der Waals surface area contributed by atoms with E-state index in [1.807, 2.05) is 0 Å². The van der Waals surface area contributed by atoms with Crippen LogP contribution in [0.25, 0.3) is 0 Å². The van der Waals surface area contributed by atoms with Gasteiger partial charge in [0, 0.05) is 12.4 Å². The van der Waals surface area contributed by atoms with E-state index in [9.17, 15) is 21.6 Å². The van der Waals surface area contributed by atoms with Gasteiger partial charge in [-0.05, 0) is 18.2 Å². The summed E-state index contributed by atoms with van der Waals surface area (Å²) >= 11 is 5.71. The lowest BCUT2D eigenvalue weighted by atomic mass is 10.2. The molecule has 1 aliphatic rings. The topological polar surface area (TPSA) is 46.6 Å². The van der Waals surface area contributed by atoms with Crippen molar-refractivity contribution in [3.63, 3.8) is 0 Å². The monoisotopic (exact) mass is 343 g/mol. The second-order valence-corrected chi connectivity index (χ2v) is 6.72. The van der Waals surface area contributed by atoms with Gasteiger partial charge >= 0.3 is 6.18 Å². The first-order chi connectivity index (χ1) is 9.76. The first-order valence-corrected chi connectivity index (χ1v) is 8.07. The fourth-order valence-corrected chi connectivity index (χ4v) is 4.02. The molecule has 9 heteroatoms. The Morgan fingerprint density at radius 1 is 1.38 bits per heavy atom. The molecule has 118 valence electrons. The van der Waals surface area contributed by atoms with Crippen LogP contribution in [0.2, 0.25) is 0 Å². The van der Waals surface area contributed by atoms with Crippen LogP contribution in [0.15, 0.2) is 29.2 Å². The molecule has 1 aliphatic heterocycles. The Bertz CT molecular complexity index is 606. The van der Waals surface area contributed by atoms with Gasteiger partial charge in [-0.1, -0.05) is 6.07 Å². The van der Waals surface area contributed by atoms with E-state index >= 15 is 0 Å². The maximum Gasteiger partial charge on any atom is 0.416 e. The number of hydrogen-bond donors (Lipinski definition) is 0. The molecule has 0 amide bonds. The van der Waals surface area contributed by atoms with Gasteiger partial charge in [0.25, 0.3) is 0 Å². The van der Waals surface area contributed by atoms with Crippen LogP contribution in [0.3, 0.4) is 0 Å². The zero-order valence-corrected chi connectivity index (χ0v) is 12.4. The van der Waals surface area contributed by atoms with E-state index in [0.29, 0.717) is 6.07 Å². The molecule has 1 unspecified atom stereocenters. The first kappa shape index (κ1) is 16.5. The van der Waals surface area contributed by atoms with Gasteiger partial charge in [-0.3, -0.25) is 0 Å². The van der Waals surface area contributed by atoms with Crippen LogP contribution in [-0.4, -0.2) is 44.4 Å². The van der Waals surface area contributed by atoms with Crippen LogP contribution < -0.4 is 0 Å². The number of halogens is 4. The van der Waals surface area contributed by atoms with Gasteiger partial charge in [0.1, 0.15) is 0 Å². The Hall–Kier alpha value is -0.830. The summed E-state index contributed by atoms with van der Waals surface area (Å²) in [6.07, 6.45) is -4.59. The third kappa shape index (κ3) is 3.50. The molecule has 0 spiro atoms. The van der Waals surface area contributed by atoms with Crippen LogP contribution in [0.5, 0.6) is 0 Å². The third-order valence-corrected chi connectivity index (χ3v) is 5.42. The molecule has 0 aromatic heterocycles. The van der Waals surface area contributed by atoms with Crippen molar-refractivity contribution in [2.24, 2.45) is 0 Å². The molecular weight excluding hydrogens is 331 g/mol. The number of morpholine rings is 1. The summed E-state index contributed by atoms with van der Waals surface area (Å²) in [6, 6.07) is 3.10. The minimum Gasteiger partial charge on any atom is -0.378 e. The van der Waals surface area contributed by atoms with E-state index in [1.54, 1.807) is 0 Å². The van der Waals surface area contributed by atoms with Gasteiger partial charge in [-0.15, -0.1) is 11.6 Å². The number of alkyl halides is 4. The van der Waals surface area contributed by atoms with Crippen molar-refractivity contribution in [2.75, 3.05) is 25.6 Å². The van der Waals surface area contributed by atoms with E-state index in [-0.39, 0.29) is 25.6 Å². The van der Waals surface area contributed by atoms with Crippen molar-refractivity contribution in [1.29, 1.82) is 0 Å². The van der Waals surface area contributed by atoms with Crippen molar-refractivity contribution in [3.8, 4) is 0 Å². The van der Waals surface area contributed by atoms with E-state index in [0.717, 1.165) is 22.5 Å². The van der Waals surface area contributed by atoms with Crippen molar-refractivity contribution >= 4 is 21.6 Å². The third-order valence-electron chi connectivity index (χ3n) is 3.12. The van der Waals surface area contributed by atoms with Gasteiger partial charge in [-0.2, -0.15) is 17.5 Å². The van der Waals surface area contributed by atoms with Crippen molar-refractivity contribution in [1.82, 2.24) is 4.31 Å². The fourth-order valence-electron chi connectivity index (χ4n) is 2.05. The Balaban J connectivity index is 2.39. The molecule has 1 atom stereocenters. The van der Waals surface area contributed by atoms with Crippen molar-refractivity contribution < 1.29 is 26.3 Å². The zero-order chi connectivity index (χ0) is 15.7. The molecule has 2 rings (SSSR count). The molecule has 0 N–H and O–H groups in total. The summed E-state index contributed by atoms with van der Waals surface area (Å²) in [6.45, 7) is 0.378. The van der Waals surface area contributed by atoms with E-state index in [4.69, 9.17) is 16.3 Å². The number of benzene rings is 1. The SMILES string of the molecule is O=S(=O)(c1cccc(C(F)(F)F)c1)N1CCOCC1CCl. The molecule has 0 bridgehead atoms. The average molecular weight is 344 g/mol. The fraction of sp³-hybridized carbons (Fsp3) is 0.500. The molecule has 0 aliphatic carbocycles. The van der Waals surface area contributed by atoms with Crippen LogP contribution in [-0.2, 0) is 20.9 Å². The summed E-state index contributed by atoms with van der Waals surface area (Å²) in [5.41, 5.74) is -1.00. The molecule has 1 aromatic rings. The number of rotatable bonds is 3. The van der Waals surface area contributed by atoms with Crippen LogP contribution in [0.1, 0.15) is 5.56 Å². The van der Waals surface area contributed by atoms with Gasteiger partial charge in [0.05, 0.1) is 29.7 Å². The predicted octanol–water partition coefficient (Wildman–Crippen LogP) is 2.33. The largest absolute Gasteiger partial charge is 0.416 e. The summed E-state index contributed by atoms with van der Waals surface area (Å²) in [7, 11) is -4.04. The van der Waals surface area contributed by atoms with Gasteiger partial charge in [0.2, 0.25) is 10.0 Å². The molecular formula is C12H13ClF3NO3S. The normalized spacial score (nSPS) is 21.4. The number of hydrogen-bond acceptors (Lipinski definition) is 3. The van der Waals surface area contributed by atoms with Crippen LogP contribution in [0, 0.1) is 0 Å². The van der Waals surface area contributed by atoms with Crippen molar-refractivity contribution in [2.45, 2.75) is 17.1 Å². The second-order valence-electron chi connectivity index (χ2n) is 4.52. The molecule has 0 saturated carbocycles. The molecule has 1 saturated heterocycles. The lowest BCUT2D eigenvalue weighted by Crippen LogP contribution is -2.49. The summed E-state index contributed by atoms with van der Waals surface area (Å²) in [4.78, 5) is -0.394. The van der Waals surface area contributed by atoms with E-state index < -0.39 is 32.7 Å². The maximum atomic E-state index is 12.7. The minimum absolute atomic E-state index is 0.0121. The van der Waals surface area contributed by atoms with Gasteiger partial charge in [-0.25, -0.2) is 8.42 Å². The highest BCUT2D eigenvalue weighted by molar-refractivity contribution is 7.89. The summed E-state index contributed by atoms with van der Waals surface area (Å²) in [5.74, 6) is 0.0121. The van der Waals surface area contributed by atoms with Gasteiger partial charge in [0.15, 0.2) is 0 Å². The average Bonchev–Trinajstić information content (AvgIpc) is 2.46. The van der Waals surface area contributed by atoms with E-state index in [2.05, 4.69) is 0 Å². The van der Waals surface area contributed by atoms with Crippen LogP contribution in [0.4, 0.5) is 13.2 Å². The molecule has 1 fully saturated rings. The minimum atomic E-state index is -4.59. The number of sulfonamides is 1. The second kappa shape index (κ2) is 6.12. The number of nitrogens with zero attached hydrogens (tertiary/aromatic N) is 1.